The summed E-state index contributed by atoms with van der Waals surface area (Å²) in [5.74, 6) is -0.230. The number of thioether (sulfide) groups is 1. The van der Waals surface area contributed by atoms with Crippen molar-refractivity contribution in [3.63, 3.8) is 0 Å². The van der Waals surface area contributed by atoms with E-state index in [2.05, 4.69) is 34.5 Å². The Morgan fingerprint density at radius 2 is 1.64 bits per heavy atom. The quantitative estimate of drug-likeness (QED) is 0.259. The molecule has 0 saturated carbocycles. The van der Waals surface area contributed by atoms with Gasteiger partial charge in [-0.3, -0.25) is 19.3 Å². The maximum atomic E-state index is 13.0. The lowest BCUT2D eigenvalue weighted by Crippen LogP contribution is -2.38. The van der Waals surface area contributed by atoms with E-state index in [1.165, 1.54) is 0 Å². The molecular formula is C33H29N3O5S. The van der Waals surface area contributed by atoms with Crippen LogP contribution in [0.25, 0.3) is 16.8 Å². The van der Waals surface area contributed by atoms with Crippen LogP contribution in [0.4, 0.5) is 16.2 Å². The highest BCUT2D eigenvalue weighted by Crippen LogP contribution is 2.33. The maximum Gasteiger partial charge on any atom is 0.294 e. The summed E-state index contributed by atoms with van der Waals surface area (Å²) < 4.78 is 11.4. The number of nitrogens with one attached hydrogen (secondary N) is 1. The van der Waals surface area contributed by atoms with Crippen LogP contribution in [0, 0.1) is 0 Å². The van der Waals surface area contributed by atoms with Crippen molar-refractivity contribution in [1.82, 2.24) is 4.90 Å². The minimum atomic E-state index is -0.488. The number of nitrogens with zero attached hydrogens (tertiary/aromatic N) is 2. The summed E-state index contributed by atoms with van der Waals surface area (Å²) in [7, 11) is 0. The van der Waals surface area contributed by atoms with Gasteiger partial charge in [0.25, 0.3) is 11.1 Å². The Balaban J connectivity index is 1.07. The molecule has 2 heterocycles. The van der Waals surface area contributed by atoms with Crippen molar-refractivity contribution in [3.05, 3.63) is 107 Å². The van der Waals surface area contributed by atoms with Crippen LogP contribution >= 0.6 is 11.8 Å². The number of para-hydroxylation sites is 2. The zero-order chi connectivity index (χ0) is 28.9. The third-order valence-corrected chi connectivity index (χ3v) is 8.06. The first-order chi connectivity index (χ1) is 20.5. The number of imide groups is 1. The molecule has 2 aliphatic rings. The lowest BCUT2D eigenvalue weighted by Gasteiger charge is -2.30. The third kappa shape index (κ3) is 6.17. The molecule has 4 aromatic rings. The van der Waals surface area contributed by atoms with E-state index in [-0.39, 0.29) is 11.4 Å². The number of amides is 3. The van der Waals surface area contributed by atoms with Gasteiger partial charge in [0.1, 0.15) is 18.9 Å². The molecule has 0 atom stereocenters. The predicted octanol–water partition coefficient (Wildman–Crippen LogP) is 5.93. The van der Waals surface area contributed by atoms with E-state index in [1.807, 2.05) is 66.7 Å². The van der Waals surface area contributed by atoms with Crippen molar-refractivity contribution >= 4 is 57.0 Å². The molecule has 2 saturated heterocycles. The van der Waals surface area contributed by atoms with Crippen LogP contribution in [0.1, 0.15) is 11.1 Å². The largest absolute Gasteiger partial charge is 0.489 e. The smallest absolute Gasteiger partial charge is 0.294 e. The number of fused-ring (bicyclic) bond motifs is 1. The van der Waals surface area contributed by atoms with Gasteiger partial charge in [-0.1, -0.05) is 66.7 Å². The number of benzene rings is 4. The molecule has 0 aliphatic carbocycles. The molecule has 0 radical (unpaired) electrons. The van der Waals surface area contributed by atoms with E-state index in [1.54, 1.807) is 6.08 Å². The van der Waals surface area contributed by atoms with Crippen molar-refractivity contribution in [2.24, 2.45) is 0 Å². The van der Waals surface area contributed by atoms with Crippen LogP contribution in [0.2, 0.25) is 0 Å². The first-order valence-electron chi connectivity index (χ1n) is 13.7. The van der Waals surface area contributed by atoms with Gasteiger partial charge in [0.15, 0.2) is 0 Å². The first-order valence-corrected chi connectivity index (χ1v) is 14.5. The lowest BCUT2D eigenvalue weighted by atomic mass is 10.1. The number of ether oxygens (including phenoxy) is 2. The van der Waals surface area contributed by atoms with E-state index in [0.29, 0.717) is 31.3 Å². The van der Waals surface area contributed by atoms with Crippen molar-refractivity contribution < 1.29 is 23.9 Å². The summed E-state index contributed by atoms with van der Waals surface area (Å²) in [5.41, 5.74) is 3.36. The van der Waals surface area contributed by atoms with Crippen molar-refractivity contribution in [2.45, 2.75) is 6.61 Å². The molecule has 0 bridgehead atoms. The van der Waals surface area contributed by atoms with Crippen LogP contribution in [0.15, 0.2) is 95.9 Å². The summed E-state index contributed by atoms with van der Waals surface area (Å²) >= 11 is 0.829. The minimum Gasteiger partial charge on any atom is -0.489 e. The van der Waals surface area contributed by atoms with Crippen LogP contribution in [-0.4, -0.2) is 54.8 Å². The Kier molecular flexibility index (Phi) is 8.21. The summed E-state index contributed by atoms with van der Waals surface area (Å²) in [4.78, 5) is 42.0. The fourth-order valence-electron chi connectivity index (χ4n) is 5.02. The van der Waals surface area contributed by atoms with Gasteiger partial charge < -0.3 is 19.7 Å². The minimum absolute atomic E-state index is 0.269. The molecule has 2 fully saturated rings. The van der Waals surface area contributed by atoms with Gasteiger partial charge in [-0.25, -0.2) is 0 Å². The van der Waals surface area contributed by atoms with Gasteiger partial charge in [0, 0.05) is 13.1 Å². The second-order valence-corrected chi connectivity index (χ2v) is 10.9. The first kappa shape index (κ1) is 27.6. The van der Waals surface area contributed by atoms with Gasteiger partial charge in [0.05, 0.1) is 29.5 Å². The molecule has 4 aromatic carbocycles. The van der Waals surface area contributed by atoms with Crippen LogP contribution in [-0.2, 0) is 20.9 Å². The molecule has 8 nitrogen and oxygen atoms in total. The van der Waals surface area contributed by atoms with Gasteiger partial charge in [-0.15, -0.1) is 0 Å². The molecule has 0 spiro atoms. The average molecular weight is 580 g/mol. The number of rotatable bonds is 8. The highest BCUT2D eigenvalue weighted by atomic mass is 32.2. The highest BCUT2D eigenvalue weighted by Gasteiger charge is 2.36. The van der Waals surface area contributed by atoms with E-state index in [9.17, 15) is 14.4 Å². The monoisotopic (exact) mass is 579 g/mol. The number of anilines is 2. The molecule has 6 rings (SSSR count). The van der Waals surface area contributed by atoms with Gasteiger partial charge >= 0.3 is 0 Å². The summed E-state index contributed by atoms with van der Waals surface area (Å²) in [5, 5.41) is 4.72. The van der Waals surface area contributed by atoms with Crippen molar-refractivity contribution in [3.8, 4) is 5.75 Å². The highest BCUT2D eigenvalue weighted by molar-refractivity contribution is 8.18. The summed E-state index contributed by atoms with van der Waals surface area (Å²) in [6.07, 6.45) is 1.66. The number of morpholine rings is 1. The summed E-state index contributed by atoms with van der Waals surface area (Å²) in [6.45, 7) is 2.74. The molecule has 0 aromatic heterocycles. The van der Waals surface area contributed by atoms with E-state index in [0.717, 1.165) is 57.3 Å². The number of carbonyl (C=O) groups excluding carboxylic acids is 3. The average Bonchev–Trinajstić information content (AvgIpc) is 3.28. The fraction of sp³-hybridized carbons (Fsp3) is 0.182. The van der Waals surface area contributed by atoms with Gasteiger partial charge in [-0.2, -0.15) is 0 Å². The lowest BCUT2D eigenvalue weighted by molar-refractivity contribution is -0.127. The van der Waals surface area contributed by atoms with Crippen molar-refractivity contribution in [1.29, 1.82) is 0 Å². The fourth-order valence-corrected chi connectivity index (χ4v) is 5.86. The third-order valence-electron chi connectivity index (χ3n) is 7.16. The second-order valence-electron chi connectivity index (χ2n) is 9.93. The van der Waals surface area contributed by atoms with Crippen molar-refractivity contribution in [2.75, 3.05) is 43.1 Å². The number of hydrogen-bond acceptors (Lipinski definition) is 7. The van der Waals surface area contributed by atoms with Gasteiger partial charge in [-0.05, 0) is 64.0 Å². The maximum absolute atomic E-state index is 13.0. The molecule has 1 N–H and O–H groups in total. The molecule has 42 heavy (non-hydrogen) atoms. The molecule has 9 heteroatoms. The molecule has 2 aliphatic heterocycles. The van der Waals surface area contributed by atoms with E-state index >= 15 is 0 Å². The Morgan fingerprint density at radius 3 is 2.48 bits per heavy atom. The van der Waals surface area contributed by atoms with Crippen LogP contribution in [0.5, 0.6) is 5.75 Å². The second kappa shape index (κ2) is 12.5. The Hall–Kier alpha value is -4.60. The SMILES string of the molecule is O=C(CN1C(=O)SC(=Cc2ccc(OCc3cccc4ccccc34)cc2)C1=O)Nc1ccccc1N1CCOCC1. The van der Waals surface area contributed by atoms with E-state index < -0.39 is 17.1 Å². The number of carbonyl (C=O) groups is 3. The van der Waals surface area contributed by atoms with Gasteiger partial charge in [0.2, 0.25) is 5.91 Å². The summed E-state index contributed by atoms with van der Waals surface area (Å²) in [6, 6.07) is 29.2. The Labute approximate surface area is 247 Å². The molecule has 0 unspecified atom stereocenters. The topological polar surface area (TPSA) is 88.2 Å². The Bertz CT molecular complexity index is 1660. The zero-order valence-electron chi connectivity index (χ0n) is 22.8. The molecular weight excluding hydrogens is 550 g/mol. The van der Waals surface area contributed by atoms with E-state index in [4.69, 9.17) is 9.47 Å². The molecule has 212 valence electrons. The van der Waals surface area contributed by atoms with Crippen LogP contribution in [0.3, 0.4) is 0 Å². The Morgan fingerprint density at radius 1 is 0.905 bits per heavy atom. The van der Waals surface area contributed by atoms with Crippen LogP contribution < -0.4 is 15.0 Å². The standard InChI is InChI=1S/C33H29N3O5S/c37-31(34-28-10-3-4-11-29(28)35-16-18-40-19-17-35)21-36-32(38)30(42-33(36)39)20-23-12-14-26(15-13-23)41-22-25-8-5-7-24-6-1-2-9-27(24)25/h1-15,20H,16-19,21-22H2,(H,34,37). The molecule has 3 amide bonds. The number of hydrogen-bond donors (Lipinski definition) is 1. The predicted molar refractivity (Wildman–Crippen MR) is 166 cm³/mol. The zero-order valence-corrected chi connectivity index (χ0v) is 23.6. The normalized spacial score (nSPS) is 16.3.